The Balaban J connectivity index is 1.86. The Morgan fingerprint density at radius 2 is 2.09 bits per heavy atom. The normalized spacial score (nSPS) is 13.4. The number of aromatic nitrogens is 2. The molecule has 124 valence electrons. The van der Waals surface area contributed by atoms with E-state index in [0.29, 0.717) is 6.54 Å². The van der Waals surface area contributed by atoms with Gasteiger partial charge in [0.25, 0.3) is 0 Å². The maximum atomic E-state index is 12.3. The number of hydrogen-bond acceptors (Lipinski definition) is 4. The van der Waals surface area contributed by atoms with Crippen LogP contribution in [-0.4, -0.2) is 35.4 Å². The SMILES string of the molecule is CNC(C(=O)NCC(C)Oc1ccc(Br)cc1)c1cnn(C)c1. The second-order valence-electron chi connectivity index (χ2n) is 5.30. The number of halogens is 1. The van der Waals surface area contributed by atoms with E-state index in [-0.39, 0.29) is 12.0 Å². The number of nitrogens with one attached hydrogen (secondary N) is 2. The van der Waals surface area contributed by atoms with Crippen LogP contribution in [0.4, 0.5) is 0 Å². The topological polar surface area (TPSA) is 68.2 Å². The van der Waals surface area contributed by atoms with Crippen LogP contribution in [0.5, 0.6) is 5.75 Å². The zero-order valence-corrected chi connectivity index (χ0v) is 15.0. The Morgan fingerprint density at radius 1 is 1.39 bits per heavy atom. The summed E-state index contributed by atoms with van der Waals surface area (Å²) in [5.74, 6) is 0.666. The van der Waals surface area contributed by atoms with Gasteiger partial charge in [0.15, 0.2) is 0 Å². The molecule has 2 atom stereocenters. The van der Waals surface area contributed by atoms with Crippen molar-refractivity contribution in [2.75, 3.05) is 13.6 Å². The van der Waals surface area contributed by atoms with Gasteiger partial charge in [0, 0.05) is 23.3 Å². The highest BCUT2D eigenvalue weighted by atomic mass is 79.9. The van der Waals surface area contributed by atoms with Crippen molar-refractivity contribution in [2.24, 2.45) is 7.05 Å². The first-order chi connectivity index (χ1) is 11.0. The molecule has 23 heavy (non-hydrogen) atoms. The molecule has 0 spiro atoms. The lowest BCUT2D eigenvalue weighted by atomic mass is 10.1. The average Bonchev–Trinajstić information content (AvgIpc) is 2.94. The van der Waals surface area contributed by atoms with Gasteiger partial charge in [0.2, 0.25) is 5.91 Å². The van der Waals surface area contributed by atoms with Gasteiger partial charge in [-0.2, -0.15) is 5.10 Å². The van der Waals surface area contributed by atoms with Crippen molar-refractivity contribution in [3.8, 4) is 5.75 Å². The zero-order chi connectivity index (χ0) is 16.8. The second kappa shape index (κ2) is 8.12. The quantitative estimate of drug-likeness (QED) is 0.770. The number of likely N-dealkylation sites (N-methyl/N-ethyl adjacent to an activating group) is 1. The van der Waals surface area contributed by atoms with Crippen LogP contribution in [0.1, 0.15) is 18.5 Å². The van der Waals surface area contributed by atoms with Crippen LogP contribution in [0.2, 0.25) is 0 Å². The molecule has 0 radical (unpaired) electrons. The predicted octanol–water partition coefficient (Wildman–Crippen LogP) is 2.03. The summed E-state index contributed by atoms with van der Waals surface area (Å²) >= 11 is 3.38. The molecule has 0 aliphatic carbocycles. The minimum Gasteiger partial charge on any atom is -0.489 e. The summed E-state index contributed by atoms with van der Waals surface area (Å²) in [5.41, 5.74) is 0.828. The number of ether oxygens (including phenoxy) is 1. The first-order valence-electron chi connectivity index (χ1n) is 7.35. The molecule has 0 saturated carbocycles. The summed E-state index contributed by atoms with van der Waals surface area (Å²) < 4.78 is 8.44. The van der Waals surface area contributed by atoms with Crippen LogP contribution in [-0.2, 0) is 11.8 Å². The number of carbonyl (C=O) groups is 1. The lowest BCUT2D eigenvalue weighted by Crippen LogP contribution is -2.40. The van der Waals surface area contributed by atoms with E-state index in [1.165, 1.54) is 0 Å². The molecule has 0 bridgehead atoms. The van der Waals surface area contributed by atoms with Crippen molar-refractivity contribution in [1.82, 2.24) is 20.4 Å². The van der Waals surface area contributed by atoms with Gasteiger partial charge in [-0.1, -0.05) is 15.9 Å². The Kier molecular flexibility index (Phi) is 6.18. The van der Waals surface area contributed by atoms with Crippen LogP contribution in [0.3, 0.4) is 0 Å². The Morgan fingerprint density at radius 3 is 2.65 bits per heavy atom. The van der Waals surface area contributed by atoms with Crippen LogP contribution < -0.4 is 15.4 Å². The third-order valence-electron chi connectivity index (χ3n) is 3.32. The molecule has 0 aliphatic heterocycles. The van der Waals surface area contributed by atoms with E-state index in [9.17, 15) is 4.79 Å². The Hall–Kier alpha value is -1.86. The van der Waals surface area contributed by atoms with E-state index in [4.69, 9.17) is 4.74 Å². The van der Waals surface area contributed by atoms with E-state index in [1.807, 2.05) is 44.4 Å². The van der Waals surface area contributed by atoms with Gasteiger partial charge in [0.1, 0.15) is 17.9 Å². The molecular formula is C16H21BrN4O2. The highest BCUT2D eigenvalue weighted by Crippen LogP contribution is 2.17. The van der Waals surface area contributed by atoms with Crippen molar-refractivity contribution >= 4 is 21.8 Å². The van der Waals surface area contributed by atoms with Crippen LogP contribution in [0.15, 0.2) is 41.1 Å². The molecule has 1 aromatic carbocycles. The van der Waals surface area contributed by atoms with Gasteiger partial charge < -0.3 is 15.4 Å². The van der Waals surface area contributed by atoms with Crippen molar-refractivity contribution in [3.63, 3.8) is 0 Å². The molecule has 1 amide bonds. The van der Waals surface area contributed by atoms with E-state index < -0.39 is 6.04 Å². The number of nitrogens with zero attached hydrogens (tertiary/aromatic N) is 2. The number of rotatable bonds is 7. The van der Waals surface area contributed by atoms with Crippen LogP contribution in [0, 0.1) is 0 Å². The lowest BCUT2D eigenvalue weighted by Gasteiger charge is -2.18. The first kappa shape index (κ1) is 17.5. The second-order valence-corrected chi connectivity index (χ2v) is 6.21. The summed E-state index contributed by atoms with van der Waals surface area (Å²) in [6, 6.07) is 7.17. The van der Waals surface area contributed by atoms with Crippen molar-refractivity contribution in [2.45, 2.75) is 19.1 Å². The molecule has 2 N–H and O–H groups in total. The summed E-state index contributed by atoms with van der Waals surface area (Å²) in [5, 5.41) is 9.99. The standard InChI is InChI=1S/C16H21BrN4O2/c1-11(23-14-6-4-13(17)5-7-14)8-19-16(22)15(18-2)12-9-20-21(3)10-12/h4-7,9-11,15,18H,8H2,1-3H3,(H,19,22). The van der Waals surface area contributed by atoms with Gasteiger partial charge >= 0.3 is 0 Å². The van der Waals surface area contributed by atoms with E-state index in [2.05, 4.69) is 31.7 Å². The van der Waals surface area contributed by atoms with Crippen molar-refractivity contribution in [3.05, 3.63) is 46.7 Å². The molecule has 0 fully saturated rings. The average molecular weight is 381 g/mol. The molecular weight excluding hydrogens is 360 g/mol. The van der Waals surface area contributed by atoms with Gasteiger partial charge in [-0.15, -0.1) is 0 Å². The minimum absolute atomic E-state index is 0.105. The molecule has 7 heteroatoms. The fourth-order valence-corrected chi connectivity index (χ4v) is 2.44. The predicted molar refractivity (Wildman–Crippen MR) is 92.3 cm³/mol. The molecule has 2 aromatic rings. The number of amides is 1. The Bertz CT molecular complexity index is 642. The van der Waals surface area contributed by atoms with Gasteiger partial charge in [0.05, 0.1) is 12.7 Å². The maximum absolute atomic E-state index is 12.3. The van der Waals surface area contributed by atoms with Crippen LogP contribution >= 0.6 is 15.9 Å². The highest BCUT2D eigenvalue weighted by Gasteiger charge is 2.20. The number of hydrogen-bond donors (Lipinski definition) is 2. The van der Waals surface area contributed by atoms with E-state index in [0.717, 1.165) is 15.8 Å². The molecule has 6 nitrogen and oxygen atoms in total. The first-order valence-corrected chi connectivity index (χ1v) is 8.14. The van der Waals surface area contributed by atoms with Crippen molar-refractivity contribution < 1.29 is 9.53 Å². The fraction of sp³-hybridized carbons (Fsp3) is 0.375. The number of carbonyl (C=O) groups excluding carboxylic acids is 1. The monoisotopic (exact) mass is 380 g/mol. The Labute approximate surface area is 144 Å². The third kappa shape index (κ3) is 5.07. The summed E-state index contributed by atoms with van der Waals surface area (Å²) in [6.45, 7) is 2.34. The maximum Gasteiger partial charge on any atom is 0.241 e. The van der Waals surface area contributed by atoms with Gasteiger partial charge in [-0.05, 0) is 38.2 Å². The van der Waals surface area contributed by atoms with E-state index >= 15 is 0 Å². The summed E-state index contributed by atoms with van der Waals surface area (Å²) in [7, 11) is 3.57. The van der Waals surface area contributed by atoms with Gasteiger partial charge in [-0.25, -0.2) is 0 Å². The molecule has 0 aliphatic rings. The highest BCUT2D eigenvalue weighted by molar-refractivity contribution is 9.10. The molecule has 1 aromatic heterocycles. The molecule has 1 heterocycles. The smallest absolute Gasteiger partial charge is 0.241 e. The molecule has 2 unspecified atom stereocenters. The van der Waals surface area contributed by atoms with Gasteiger partial charge in [-0.3, -0.25) is 9.48 Å². The minimum atomic E-state index is -0.427. The number of benzene rings is 1. The summed E-state index contributed by atoms with van der Waals surface area (Å²) in [6.07, 6.45) is 3.37. The third-order valence-corrected chi connectivity index (χ3v) is 3.85. The fourth-order valence-electron chi connectivity index (χ4n) is 2.17. The van der Waals surface area contributed by atoms with Crippen LogP contribution in [0.25, 0.3) is 0 Å². The van der Waals surface area contributed by atoms with E-state index in [1.54, 1.807) is 17.9 Å². The summed E-state index contributed by atoms with van der Waals surface area (Å²) in [4.78, 5) is 12.3. The largest absolute Gasteiger partial charge is 0.489 e. The molecule has 0 saturated heterocycles. The zero-order valence-electron chi connectivity index (χ0n) is 13.4. The lowest BCUT2D eigenvalue weighted by molar-refractivity contribution is -0.123. The molecule has 2 rings (SSSR count). The van der Waals surface area contributed by atoms with Crippen molar-refractivity contribution in [1.29, 1.82) is 0 Å². The number of aryl methyl sites for hydroxylation is 1.